The molecular formula is C12H22O10Zn. The first-order valence-electron chi connectivity index (χ1n) is 6.23. The minimum Gasteiger partial charge on any atom is -0.548 e. The zero-order valence-electron chi connectivity index (χ0n) is 13.4. The molecule has 0 aliphatic rings. The van der Waals surface area contributed by atoms with Crippen LogP contribution in [-0.2, 0) is 57.5 Å². The molecule has 0 radical (unpaired) electrons. The van der Waals surface area contributed by atoms with E-state index in [9.17, 15) is 19.8 Å². The molecule has 0 saturated carbocycles. The number of ether oxygens (including phenoxy) is 6. The summed E-state index contributed by atoms with van der Waals surface area (Å²) < 4.78 is 27.9. The summed E-state index contributed by atoms with van der Waals surface area (Å²) in [6, 6.07) is 0. The molecule has 0 spiro atoms. The van der Waals surface area contributed by atoms with Crippen molar-refractivity contribution in [3.05, 3.63) is 0 Å². The van der Waals surface area contributed by atoms with Crippen LogP contribution in [0, 0.1) is 0 Å². The monoisotopic (exact) mass is 390 g/mol. The molecule has 23 heavy (non-hydrogen) atoms. The van der Waals surface area contributed by atoms with E-state index < -0.39 is 25.2 Å². The summed E-state index contributed by atoms with van der Waals surface area (Å²) in [5.41, 5.74) is 0. The van der Waals surface area contributed by atoms with Crippen LogP contribution in [0.3, 0.4) is 0 Å². The summed E-state index contributed by atoms with van der Waals surface area (Å²) in [5, 5.41) is 19.5. The fraction of sp³-hybridized carbons (Fsp3) is 0.833. The fourth-order valence-corrected chi connectivity index (χ4v) is 0.770. The van der Waals surface area contributed by atoms with E-state index in [4.69, 9.17) is 9.47 Å². The van der Waals surface area contributed by atoms with Gasteiger partial charge >= 0.3 is 19.5 Å². The quantitative estimate of drug-likeness (QED) is 0.169. The number of carboxylic acids is 2. The van der Waals surface area contributed by atoms with E-state index in [1.807, 2.05) is 0 Å². The number of carboxylic acid groups (broad SMARTS) is 2. The van der Waals surface area contributed by atoms with Crippen molar-refractivity contribution in [3.63, 3.8) is 0 Å². The van der Waals surface area contributed by atoms with Crippen molar-refractivity contribution in [2.24, 2.45) is 0 Å². The van der Waals surface area contributed by atoms with Crippen molar-refractivity contribution in [3.8, 4) is 0 Å². The Labute approximate surface area is 147 Å². The van der Waals surface area contributed by atoms with E-state index in [-0.39, 0.29) is 33.1 Å². The summed E-state index contributed by atoms with van der Waals surface area (Å²) >= 11 is 0. The number of carbonyl (C=O) groups is 2. The zero-order valence-corrected chi connectivity index (χ0v) is 16.4. The first-order chi connectivity index (χ1) is 10.5. The first kappa shape index (κ1) is 27.2. The van der Waals surface area contributed by atoms with Gasteiger partial charge in [0.2, 0.25) is 0 Å². The van der Waals surface area contributed by atoms with Gasteiger partial charge in [-0.05, 0) is 0 Å². The van der Waals surface area contributed by atoms with Crippen LogP contribution in [-0.4, -0.2) is 79.4 Å². The average Bonchev–Trinajstić information content (AvgIpc) is 2.46. The smallest absolute Gasteiger partial charge is 0.548 e. The minimum atomic E-state index is -1.25. The van der Waals surface area contributed by atoms with Crippen LogP contribution >= 0.6 is 0 Å². The van der Waals surface area contributed by atoms with Gasteiger partial charge in [0.25, 0.3) is 0 Å². The Kier molecular flexibility index (Phi) is 27.9. The Bertz CT molecular complexity index is 238. The Morgan fingerprint density at radius 2 is 1.04 bits per heavy atom. The Hall–Kier alpha value is -0.677. The van der Waals surface area contributed by atoms with Crippen LogP contribution in [0.25, 0.3) is 0 Å². The van der Waals surface area contributed by atoms with E-state index in [1.165, 1.54) is 0 Å². The largest absolute Gasteiger partial charge is 2.00 e. The maximum absolute atomic E-state index is 9.77. The van der Waals surface area contributed by atoms with Gasteiger partial charge < -0.3 is 48.2 Å². The second-order valence-electron chi connectivity index (χ2n) is 3.48. The van der Waals surface area contributed by atoms with E-state index in [2.05, 4.69) is 18.9 Å². The Morgan fingerprint density at radius 1 is 0.696 bits per heavy atom. The number of hydrogen-bond acceptors (Lipinski definition) is 10. The summed E-state index contributed by atoms with van der Waals surface area (Å²) in [5.74, 6) is -2.50. The number of hydrogen-bond donors (Lipinski definition) is 0. The molecule has 0 aromatic carbocycles. The fourth-order valence-electron chi connectivity index (χ4n) is 0.770. The SMILES string of the molecule is COCCOCOCC(=O)[O-].COCCOCOCC(=O)[O-].[Zn+2]. The number of carbonyl (C=O) groups excluding carboxylic acids is 2. The Morgan fingerprint density at radius 3 is 1.30 bits per heavy atom. The molecule has 0 aliphatic carbocycles. The molecule has 0 saturated heterocycles. The van der Waals surface area contributed by atoms with E-state index >= 15 is 0 Å². The number of rotatable bonds is 14. The van der Waals surface area contributed by atoms with Crippen LogP contribution in [0.15, 0.2) is 0 Å². The van der Waals surface area contributed by atoms with E-state index in [0.29, 0.717) is 26.4 Å². The normalized spacial score (nSPS) is 9.48. The van der Waals surface area contributed by atoms with Gasteiger partial charge in [0.05, 0.1) is 51.6 Å². The van der Waals surface area contributed by atoms with Gasteiger partial charge in [-0.1, -0.05) is 0 Å². The number of aliphatic carboxylic acids is 2. The van der Waals surface area contributed by atoms with Gasteiger partial charge in [0, 0.05) is 14.2 Å². The van der Waals surface area contributed by atoms with Crippen molar-refractivity contribution in [2.45, 2.75) is 0 Å². The van der Waals surface area contributed by atoms with Crippen molar-refractivity contribution in [2.75, 3.05) is 67.4 Å². The van der Waals surface area contributed by atoms with E-state index in [0.717, 1.165) is 0 Å². The molecule has 0 fully saturated rings. The van der Waals surface area contributed by atoms with Gasteiger partial charge in [0.1, 0.15) is 13.6 Å². The van der Waals surface area contributed by atoms with Gasteiger partial charge in [-0.25, -0.2) is 0 Å². The molecule has 132 valence electrons. The second kappa shape index (κ2) is 23.6. The van der Waals surface area contributed by atoms with Crippen LogP contribution in [0.4, 0.5) is 0 Å². The van der Waals surface area contributed by atoms with Crippen molar-refractivity contribution >= 4 is 11.9 Å². The minimum absolute atomic E-state index is 0. The third-order valence-corrected chi connectivity index (χ3v) is 1.64. The van der Waals surface area contributed by atoms with Crippen molar-refractivity contribution in [1.29, 1.82) is 0 Å². The molecule has 0 rings (SSSR count). The van der Waals surface area contributed by atoms with Crippen molar-refractivity contribution in [1.82, 2.24) is 0 Å². The van der Waals surface area contributed by atoms with E-state index in [1.54, 1.807) is 14.2 Å². The standard InChI is InChI=1S/2C6H12O5.Zn/c2*1-9-2-3-10-5-11-4-6(7)8;/h2*2-5H2,1H3,(H,7,8);/q;;+2/p-2. The molecule has 11 heteroatoms. The summed E-state index contributed by atoms with van der Waals surface area (Å²) in [6.07, 6.45) is 0. The van der Waals surface area contributed by atoms with Crippen molar-refractivity contribution < 1.29 is 67.7 Å². The van der Waals surface area contributed by atoms with Gasteiger partial charge in [0.15, 0.2) is 0 Å². The maximum Gasteiger partial charge on any atom is 2.00 e. The van der Waals surface area contributed by atoms with Gasteiger partial charge in [-0.15, -0.1) is 0 Å². The van der Waals surface area contributed by atoms with Crippen LogP contribution in [0.2, 0.25) is 0 Å². The molecule has 0 unspecified atom stereocenters. The van der Waals surface area contributed by atoms with Gasteiger partial charge in [-0.2, -0.15) is 0 Å². The third kappa shape index (κ3) is 33.9. The molecule has 0 aliphatic heterocycles. The average molecular weight is 392 g/mol. The Balaban J connectivity index is -0.000000333. The molecule has 0 bridgehead atoms. The third-order valence-electron chi connectivity index (χ3n) is 1.64. The summed E-state index contributed by atoms with van der Waals surface area (Å²) in [6.45, 7) is 0.755. The predicted molar refractivity (Wildman–Crippen MR) is 67.3 cm³/mol. The molecule has 10 nitrogen and oxygen atoms in total. The van der Waals surface area contributed by atoms with Gasteiger partial charge in [-0.3, -0.25) is 0 Å². The molecule has 0 atom stereocenters. The molecule has 0 aromatic heterocycles. The molecule has 0 N–H and O–H groups in total. The molecule has 0 heterocycles. The summed E-state index contributed by atoms with van der Waals surface area (Å²) in [4.78, 5) is 19.5. The second-order valence-corrected chi connectivity index (χ2v) is 3.48. The molecule has 0 aromatic rings. The zero-order chi connectivity index (χ0) is 17.1. The molecular weight excluding hydrogens is 370 g/mol. The maximum atomic E-state index is 9.77. The van der Waals surface area contributed by atoms with Crippen LogP contribution in [0.1, 0.15) is 0 Å². The van der Waals surface area contributed by atoms with Crippen LogP contribution < -0.4 is 10.2 Å². The topological polar surface area (TPSA) is 136 Å². The number of methoxy groups -OCH3 is 2. The molecule has 0 amide bonds. The first-order valence-corrected chi connectivity index (χ1v) is 6.23. The predicted octanol–water partition coefficient (Wildman–Crippen LogP) is -3.26. The van der Waals surface area contributed by atoms with Crippen LogP contribution in [0.5, 0.6) is 0 Å². The summed E-state index contributed by atoms with van der Waals surface area (Å²) in [7, 11) is 3.09.